The predicted octanol–water partition coefficient (Wildman–Crippen LogP) is 0.206. The number of carbonyl (C=O) groups is 1. The molecule has 0 bridgehead atoms. The highest BCUT2D eigenvalue weighted by Crippen LogP contribution is 2.23. The van der Waals surface area contributed by atoms with Crippen LogP contribution in [0.1, 0.15) is 20.8 Å². The third-order valence-electron chi connectivity index (χ3n) is 2.45. The summed E-state index contributed by atoms with van der Waals surface area (Å²) in [6.07, 6.45) is 0. The lowest BCUT2D eigenvalue weighted by Crippen LogP contribution is -2.57. The van der Waals surface area contributed by atoms with Crippen LogP contribution in [0.4, 0.5) is 0 Å². The van der Waals surface area contributed by atoms with E-state index in [1.807, 2.05) is 20.8 Å². The number of carboxylic acids is 1. The molecule has 0 saturated carbocycles. The Morgan fingerprint density at radius 2 is 2.00 bits per heavy atom. The molecule has 0 aliphatic carbocycles. The molecule has 1 fully saturated rings. The molecule has 1 aliphatic rings. The Bertz CT molecular complexity index is 259. The van der Waals surface area contributed by atoms with Gasteiger partial charge in [-0.1, -0.05) is 20.8 Å². The van der Waals surface area contributed by atoms with Gasteiger partial charge in [0.2, 0.25) is 0 Å². The first-order valence-corrected chi connectivity index (χ1v) is 6.13. The second-order valence-electron chi connectivity index (χ2n) is 4.75. The Morgan fingerprint density at radius 1 is 1.43 bits per heavy atom. The summed E-state index contributed by atoms with van der Waals surface area (Å²) in [6.45, 7) is 6.06. The fraction of sp³-hybridized carbons (Fsp3) is 0.889. The summed E-state index contributed by atoms with van der Waals surface area (Å²) in [5, 5.41) is 11.9. The van der Waals surface area contributed by atoms with Crippen LogP contribution >= 0.6 is 0 Å². The largest absolute Gasteiger partial charge is 0.480 e. The summed E-state index contributed by atoms with van der Waals surface area (Å²) in [7, 11) is -1.01. The van der Waals surface area contributed by atoms with Crippen molar-refractivity contribution in [1.82, 2.24) is 5.32 Å². The number of hydrogen-bond donors (Lipinski definition) is 2. The molecule has 1 heterocycles. The van der Waals surface area contributed by atoms with E-state index in [0.29, 0.717) is 5.75 Å². The molecule has 3 atom stereocenters. The van der Waals surface area contributed by atoms with Crippen molar-refractivity contribution in [3.63, 3.8) is 0 Å². The first-order valence-electron chi connectivity index (χ1n) is 4.64. The zero-order valence-corrected chi connectivity index (χ0v) is 9.56. The van der Waals surface area contributed by atoms with E-state index >= 15 is 0 Å². The maximum absolute atomic E-state index is 11.4. The zero-order valence-electron chi connectivity index (χ0n) is 8.74. The molecule has 0 radical (unpaired) electrons. The Hall–Kier alpha value is -0.420. The molecule has 3 unspecified atom stereocenters. The summed E-state index contributed by atoms with van der Waals surface area (Å²) >= 11 is 0. The van der Waals surface area contributed by atoms with Gasteiger partial charge in [-0.3, -0.25) is 14.3 Å². The lowest BCUT2D eigenvalue weighted by molar-refractivity contribution is -0.139. The highest BCUT2D eigenvalue weighted by Gasteiger charge is 2.35. The average molecular weight is 219 g/mol. The van der Waals surface area contributed by atoms with Crippen molar-refractivity contribution in [2.24, 2.45) is 5.41 Å². The van der Waals surface area contributed by atoms with Crippen molar-refractivity contribution in [3.05, 3.63) is 0 Å². The first-order chi connectivity index (χ1) is 6.30. The third-order valence-corrected chi connectivity index (χ3v) is 3.86. The van der Waals surface area contributed by atoms with Gasteiger partial charge in [-0.15, -0.1) is 0 Å². The Kier molecular flexibility index (Phi) is 3.32. The molecule has 4 nitrogen and oxygen atoms in total. The molecule has 0 aromatic rings. The van der Waals surface area contributed by atoms with Gasteiger partial charge in [-0.05, 0) is 5.41 Å². The molecule has 5 heteroatoms. The fourth-order valence-electron chi connectivity index (χ4n) is 1.42. The van der Waals surface area contributed by atoms with E-state index in [-0.39, 0.29) is 17.2 Å². The monoisotopic (exact) mass is 219 g/mol. The molecular weight excluding hydrogens is 202 g/mol. The molecule has 2 N–H and O–H groups in total. The second kappa shape index (κ2) is 3.98. The predicted molar refractivity (Wildman–Crippen MR) is 55.7 cm³/mol. The first kappa shape index (κ1) is 11.7. The van der Waals surface area contributed by atoms with Gasteiger partial charge in [0.15, 0.2) is 0 Å². The maximum atomic E-state index is 11.4. The van der Waals surface area contributed by atoms with E-state index in [1.54, 1.807) is 0 Å². The molecule has 1 saturated heterocycles. The number of nitrogens with one attached hydrogen (secondary N) is 1. The van der Waals surface area contributed by atoms with E-state index in [9.17, 15) is 9.00 Å². The zero-order chi connectivity index (χ0) is 10.9. The minimum atomic E-state index is -1.01. The Labute approximate surface area is 86.5 Å². The quantitative estimate of drug-likeness (QED) is 0.661. The van der Waals surface area contributed by atoms with Crippen LogP contribution in [0.5, 0.6) is 0 Å². The van der Waals surface area contributed by atoms with Crippen LogP contribution in [-0.2, 0) is 15.6 Å². The fourth-order valence-corrected chi connectivity index (χ4v) is 3.14. The summed E-state index contributed by atoms with van der Waals surface area (Å²) in [6, 6.07) is -0.646. The third kappa shape index (κ3) is 2.78. The van der Waals surface area contributed by atoms with Crippen molar-refractivity contribution in [2.75, 3.05) is 11.5 Å². The highest BCUT2D eigenvalue weighted by atomic mass is 32.2. The van der Waals surface area contributed by atoms with E-state index in [1.165, 1.54) is 0 Å². The highest BCUT2D eigenvalue weighted by molar-refractivity contribution is 7.85. The number of aliphatic carboxylic acids is 1. The van der Waals surface area contributed by atoms with Gasteiger partial charge in [-0.2, -0.15) is 0 Å². The van der Waals surface area contributed by atoms with Crippen LogP contribution in [0.15, 0.2) is 0 Å². The molecule has 0 spiro atoms. The Morgan fingerprint density at radius 3 is 2.43 bits per heavy atom. The van der Waals surface area contributed by atoms with Crippen LogP contribution in [0, 0.1) is 5.41 Å². The molecular formula is C9H17NO3S. The Balaban J connectivity index is 2.73. The summed E-state index contributed by atoms with van der Waals surface area (Å²) in [5.74, 6) is -0.137. The average Bonchev–Trinajstić information content (AvgIpc) is 2.01. The van der Waals surface area contributed by atoms with Crippen molar-refractivity contribution in [1.29, 1.82) is 0 Å². The van der Waals surface area contributed by atoms with E-state index in [4.69, 9.17) is 5.11 Å². The molecule has 82 valence electrons. The molecule has 1 aliphatic heterocycles. The van der Waals surface area contributed by atoms with E-state index in [2.05, 4.69) is 5.32 Å². The number of carboxylic acid groups (broad SMARTS) is 1. The van der Waals surface area contributed by atoms with Crippen LogP contribution in [0.2, 0.25) is 0 Å². The standard InChI is InChI=1S/C9H17NO3S/c1-9(2,3)7-5-14(13)4-6(10-7)8(11)12/h6-7,10H,4-5H2,1-3H3,(H,11,12). The minimum Gasteiger partial charge on any atom is -0.480 e. The van der Waals surface area contributed by atoms with Crippen molar-refractivity contribution in [2.45, 2.75) is 32.9 Å². The van der Waals surface area contributed by atoms with E-state index < -0.39 is 22.8 Å². The van der Waals surface area contributed by atoms with Crippen LogP contribution < -0.4 is 5.32 Å². The summed E-state index contributed by atoms with van der Waals surface area (Å²) in [5.41, 5.74) is -0.0518. The van der Waals surface area contributed by atoms with Gasteiger partial charge in [0.25, 0.3) is 0 Å². The van der Waals surface area contributed by atoms with Gasteiger partial charge >= 0.3 is 5.97 Å². The minimum absolute atomic E-state index is 0.0122. The normalized spacial score (nSPS) is 34.1. The van der Waals surface area contributed by atoms with Gasteiger partial charge < -0.3 is 5.11 Å². The summed E-state index contributed by atoms with van der Waals surface area (Å²) < 4.78 is 11.4. The molecule has 0 aromatic heterocycles. The van der Waals surface area contributed by atoms with Gasteiger partial charge in [0, 0.05) is 28.3 Å². The SMILES string of the molecule is CC(C)(C)C1CS(=O)CC(C(=O)O)N1. The summed E-state index contributed by atoms with van der Waals surface area (Å²) in [4.78, 5) is 10.8. The molecule has 14 heavy (non-hydrogen) atoms. The molecule has 0 aromatic carbocycles. The lowest BCUT2D eigenvalue weighted by Gasteiger charge is -2.36. The topological polar surface area (TPSA) is 66.4 Å². The molecule has 1 rings (SSSR count). The van der Waals surface area contributed by atoms with Crippen LogP contribution in [0.25, 0.3) is 0 Å². The number of hydrogen-bond acceptors (Lipinski definition) is 3. The molecule has 0 amide bonds. The van der Waals surface area contributed by atoms with Gasteiger partial charge in [0.1, 0.15) is 6.04 Å². The second-order valence-corrected chi connectivity index (χ2v) is 6.30. The maximum Gasteiger partial charge on any atom is 0.321 e. The van der Waals surface area contributed by atoms with Crippen molar-refractivity contribution in [3.8, 4) is 0 Å². The van der Waals surface area contributed by atoms with Crippen LogP contribution in [0.3, 0.4) is 0 Å². The smallest absolute Gasteiger partial charge is 0.321 e. The van der Waals surface area contributed by atoms with Gasteiger partial charge in [0.05, 0.1) is 0 Å². The number of rotatable bonds is 1. The van der Waals surface area contributed by atoms with Crippen molar-refractivity contribution < 1.29 is 14.1 Å². The van der Waals surface area contributed by atoms with Crippen LogP contribution in [-0.4, -0.2) is 38.9 Å². The van der Waals surface area contributed by atoms with Crippen molar-refractivity contribution >= 4 is 16.8 Å². The van der Waals surface area contributed by atoms with E-state index in [0.717, 1.165) is 0 Å². The lowest BCUT2D eigenvalue weighted by atomic mass is 9.87. The van der Waals surface area contributed by atoms with Gasteiger partial charge in [-0.25, -0.2) is 0 Å².